The Morgan fingerprint density at radius 3 is 2.68 bits per heavy atom. The van der Waals surface area contributed by atoms with E-state index in [-0.39, 0.29) is 12.3 Å². The average Bonchev–Trinajstić information content (AvgIpc) is 3.14. The second-order valence-corrected chi connectivity index (χ2v) is 6.16. The molecule has 3 aromatic rings. The number of benzene rings is 2. The third-order valence-corrected chi connectivity index (χ3v) is 4.34. The van der Waals surface area contributed by atoms with Crippen molar-refractivity contribution in [3.05, 3.63) is 59.8 Å². The lowest BCUT2D eigenvalue weighted by Gasteiger charge is -2.11. The first-order valence-corrected chi connectivity index (χ1v) is 9.07. The quantitative estimate of drug-likeness (QED) is 0.549. The minimum Gasteiger partial charge on any atom is -0.493 e. The highest BCUT2D eigenvalue weighted by Crippen LogP contribution is 2.27. The van der Waals surface area contributed by atoms with Crippen LogP contribution in [0.15, 0.2) is 48.7 Å². The Morgan fingerprint density at radius 1 is 1.07 bits per heavy atom. The van der Waals surface area contributed by atoms with Crippen LogP contribution in [0.1, 0.15) is 29.3 Å². The molecule has 0 aliphatic carbocycles. The molecule has 0 fully saturated rings. The Kier molecular flexibility index (Phi) is 6.16. The standard InChI is InChI=1S/C21H23N3O4/c1-3-28-18-10-8-14(12-19(18)27-2)21(26)24-23-20(25)11-9-15-13-22-17-7-5-4-6-16(15)17/h4-8,10,12-13,22H,3,9,11H2,1-2H3,(H,23,25)(H,24,26). The summed E-state index contributed by atoms with van der Waals surface area (Å²) in [6.45, 7) is 2.36. The van der Waals surface area contributed by atoms with Gasteiger partial charge in [0.05, 0.1) is 13.7 Å². The molecule has 0 saturated carbocycles. The van der Waals surface area contributed by atoms with Gasteiger partial charge in [-0.15, -0.1) is 0 Å². The summed E-state index contributed by atoms with van der Waals surface area (Å²) in [6.07, 6.45) is 2.74. The number of hydrogen-bond acceptors (Lipinski definition) is 4. The van der Waals surface area contributed by atoms with Gasteiger partial charge in [-0.1, -0.05) is 18.2 Å². The van der Waals surface area contributed by atoms with Gasteiger partial charge in [-0.3, -0.25) is 20.4 Å². The van der Waals surface area contributed by atoms with Crippen LogP contribution >= 0.6 is 0 Å². The second-order valence-electron chi connectivity index (χ2n) is 6.16. The van der Waals surface area contributed by atoms with Crippen LogP contribution in [0.5, 0.6) is 11.5 Å². The molecule has 0 unspecified atom stereocenters. The highest BCUT2D eigenvalue weighted by molar-refractivity contribution is 5.96. The van der Waals surface area contributed by atoms with E-state index in [1.54, 1.807) is 18.2 Å². The van der Waals surface area contributed by atoms with Gasteiger partial charge in [0.2, 0.25) is 5.91 Å². The monoisotopic (exact) mass is 381 g/mol. The van der Waals surface area contributed by atoms with Crippen LogP contribution in [0.25, 0.3) is 10.9 Å². The number of methoxy groups -OCH3 is 1. The molecular formula is C21H23N3O4. The normalized spacial score (nSPS) is 10.5. The molecule has 28 heavy (non-hydrogen) atoms. The van der Waals surface area contributed by atoms with Crippen molar-refractivity contribution in [2.75, 3.05) is 13.7 Å². The fourth-order valence-electron chi connectivity index (χ4n) is 2.93. The van der Waals surface area contributed by atoms with Crippen LogP contribution in [0.2, 0.25) is 0 Å². The van der Waals surface area contributed by atoms with Gasteiger partial charge in [0.25, 0.3) is 5.91 Å². The Balaban J connectivity index is 1.53. The van der Waals surface area contributed by atoms with Gasteiger partial charge in [-0.2, -0.15) is 0 Å². The molecule has 7 heteroatoms. The first-order chi connectivity index (χ1) is 13.6. The Morgan fingerprint density at radius 2 is 1.89 bits per heavy atom. The van der Waals surface area contributed by atoms with Gasteiger partial charge in [0.15, 0.2) is 11.5 Å². The molecule has 0 spiro atoms. The number of ether oxygens (including phenoxy) is 2. The zero-order valence-corrected chi connectivity index (χ0v) is 15.9. The van der Waals surface area contributed by atoms with Crippen LogP contribution in [-0.4, -0.2) is 30.5 Å². The molecule has 0 saturated heterocycles. The summed E-state index contributed by atoms with van der Waals surface area (Å²) >= 11 is 0. The fraction of sp³-hybridized carbons (Fsp3) is 0.238. The predicted octanol–water partition coefficient (Wildman–Crippen LogP) is 2.97. The molecule has 0 atom stereocenters. The number of nitrogens with one attached hydrogen (secondary N) is 3. The third-order valence-electron chi connectivity index (χ3n) is 4.34. The molecule has 3 rings (SSSR count). The van der Waals surface area contributed by atoms with E-state index in [2.05, 4.69) is 15.8 Å². The molecule has 146 valence electrons. The van der Waals surface area contributed by atoms with E-state index in [0.717, 1.165) is 16.5 Å². The molecule has 2 aromatic carbocycles. The smallest absolute Gasteiger partial charge is 0.269 e. The summed E-state index contributed by atoms with van der Waals surface area (Å²) in [4.78, 5) is 27.5. The number of carbonyl (C=O) groups is 2. The van der Waals surface area contributed by atoms with Crippen LogP contribution in [0.3, 0.4) is 0 Å². The number of rotatable bonds is 7. The summed E-state index contributed by atoms with van der Waals surface area (Å²) in [6, 6.07) is 12.8. The lowest BCUT2D eigenvalue weighted by Crippen LogP contribution is -2.41. The van der Waals surface area contributed by atoms with E-state index in [1.165, 1.54) is 7.11 Å². The maximum absolute atomic E-state index is 12.3. The van der Waals surface area contributed by atoms with Crippen LogP contribution in [0.4, 0.5) is 0 Å². The molecule has 3 N–H and O–H groups in total. The van der Waals surface area contributed by atoms with Crippen LogP contribution in [-0.2, 0) is 11.2 Å². The van der Waals surface area contributed by atoms with E-state index < -0.39 is 5.91 Å². The molecule has 1 heterocycles. The minimum atomic E-state index is -0.429. The molecule has 2 amide bonds. The fourth-order valence-corrected chi connectivity index (χ4v) is 2.93. The largest absolute Gasteiger partial charge is 0.493 e. The topological polar surface area (TPSA) is 92.5 Å². The predicted molar refractivity (Wildman–Crippen MR) is 106 cm³/mol. The summed E-state index contributed by atoms with van der Waals surface area (Å²) in [5, 5.41) is 1.10. The number of hydrogen-bond donors (Lipinski definition) is 3. The molecule has 0 aliphatic rings. The molecule has 7 nitrogen and oxygen atoms in total. The maximum atomic E-state index is 12.3. The van der Waals surface area contributed by atoms with Gasteiger partial charge in [0, 0.05) is 29.1 Å². The Hall–Kier alpha value is -3.48. The van der Waals surface area contributed by atoms with Crippen molar-refractivity contribution in [1.29, 1.82) is 0 Å². The number of H-pyrrole nitrogens is 1. The highest BCUT2D eigenvalue weighted by Gasteiger charge is 2.12. The number of aromatic nitrogens is 1. The first kappa shape index (κ1) is 19.3. The summed E-state index contributed by atoms with van der Waals surface area (Å²) < 4.78 is 10.7. The number of para-hydroxylation sites is 1. The van der Waals surface area contributed by atoms with Crippen LogP contribution < -0.4 is 20.3 Å². The Labute approximate surface area is 163 Å². The Bertz CT molecular complexity index is 981. The van der Waals surface area contributed by atoms with Crippen molar-refractivity contribution in [2.24, 2.45) is 0 Å². The third kappa shape index (κ3) is 4.43. The zero-order chi connectivity index (χ0) is 19.9. The molecule has 1 aromatic heterocycles. The van der Waals surface area contributed by atoms with E-state index in [4.69, 9.17) is 9.47 Å². The van der Waals surface area contributed by atoms with Gasteiger partial charge < -0.3 is 14.5 Å². The van der Waals surface area contributed by atoms with Crippen molar-refractivity contribution < 1.29 is 19.1 Å². The van der Waals surface area contributed by atoms with E-state index in [0.29, 0.717) is 30.1 Å². The number of hydrazine groups is 1. The molecule has 0 bridgehead atoms. The van der Waals surface area contributed by atoms with E-state index in [9.17, 15) is 9.59 Å². The first-order valence-electron chi connectivity index (χ1n) is 9.07. The lowest BCUT2D eigenvalue weighted by atomic mass is 10.1. The van der Waals surface area contributed by atoms with E-state index in [1.807, 2.05) is 37.4 Å². The number of aromatic amines is 1. The van der Waals surface area contributed by atoms with Crippen molar-refractivity contribution >= 4 is 22.7 Å². The van der Waals surface area contributed by atoms with Crippen molar-refractivity contribution in [3.8, 4) is 11.5 Å². The van der Waals surface area contributed by atoms with Gasteiger partial charge in [-0.25, -0.2) is 0 Å². The van der Waals surface area contributed by atoms with Crippen molar-refractivity contribution in [2.45, 2.75) is 19.8 Å². The van der Waals surface area contributed by atoms with E-state index >= 15 is 0 Å². The molecular weight excluding hydrogens is 358 g/mol. The number of fused-ring (bicyclic) bond motifs is 1. The SMILES string of the molecule is CCOc1ccc(C(=O)NNC(=O)CCc2c[nH]c3ccccc23)cc1OC. The molecule has 0 aliphatic heterocycles. The number of aryl methyl sites for hydroxylation is 1. The average molecular weight is 381 g/mol. The van der Waals surface area contributed by atoms with Gasteiger partial charge >= 0.3 is 0 Å². The maximum Gasteiger partial charge on any atom is 0.269 e. The summed E-state index contributed by atoms with van der Waals surface area (Å²) in [5.41, 5.74) is 7.33. The zero-order valence-electron chi connectivity index (χ0n) is 15.9. The highest BCUT2D eigenvalue weighted by atomic mass is 16.5. The van der Waals surface area contributed by atoms with Crippen molar-refractivity contribution in [1.82, 2.24) is 15.8 Å². The van der Waals surface area contributed by atoms with Gasteiger partial charge in [-0.05, 0) is 43.2 Å². The minimum absolute atomic E-state index is 0.259. The number of carbonyl (C=O) groups excluding carboxylic acids is 2. The van der Waals surface area contributed by atoms with Gasteiger partial charge in [0.1, 0.15) is 0 Å². The summed E-state index contributed by atoms with van der Waals surface area (Å²) in [7, 11) is 1.51. The lowest BCUT2D eigenvalue weighted by molar-refractivity contribution is -0.121. The van der Waals surface area contributed by atoms with Crippen molar-refractivity contribution in [3.63, 3.8) is 0 Å². The molecule has 0 radical (unpaired) electrons. The summed E-state index contributed by atoms with van der Waals surface area (Å²) in [5.74, 6) is 0.322. The van der Waals surface area contributed by atoms with Crippen LogP contribution in [0, 0.1) is 0 Å². The second kappa shape index (κ2) is 8.94. The number of amides is 2.